The van der Waals surface area contributed by atoms with Gasteiger partial charge in [0.05, 0.1) is 28.4 Å². The molecule has 0 radical (unpaired) electrons. The summed E-state index contributed by atoms with van der Waals surface area (Å²) in [4.78, 5) is 19.9. The van der Waals surface area contributed by atoms with Crippen molar-refractivity contribution in [3.63, 3.8) is 0 Å². The lowest BCUT2D eigenvalue weighted by Gasteiger charge is -2.06. The number of hydrogen-bond acceptors (Lipinski definition) is 6. The molecule has 8 nitrogen and oxygen atoms in total. The standard InChI is InChI=1S/C8H7Cl2NO3.C8H6ClNO3/c9-4-8(12)5-1-2-6(10)7(3-5)11(13)14;9-6-2-1-5(8-4-13-8)3-7(6)10(11)12/h1-3,8,12H,4H2;1-3,8H,4H2. The third-order valence-corrected chi connectivity index (χ3v) is 4.50. The van der Waals surface area contributed by atoms with Gasteiger partial charge in [0.1, 0.15) is 16.1 Å². The van der Waals surface area contributed by atoms with Crippen LogP contribution in [0, 0.1) is 20.2 Å². The number of nitro benzene ring substituents is 2. The third kappa shape index (κ3) is 5.75. The van der Waals surface area contributed by atoms with Gasteiger partial charge in [-0.05, 0) is 23.3 Å². The number of benzene rings is 2. The summed E-state index contributed by atoms with van der Waals surface area (Å²) in [6, 6.07) is 8.81. The molecule has 0 aromatic heterocycles. The molecule has 1 N–H and O–H groups in total. The molecule has 27 heavy (non-hydrogen) atoms. The first-order chi connectivity index (χ1) is 12.7. The minimum Gasteiger partial charge on any atom is -0.387 e. The summed E-state index contributed by atoms with van der Waals surface area (Å²) >= 11 is 16.6. The Bertz CT molecular complexity index is 860. The highest BCUT2D eigenvalue weighted by Gasteiger charge is 2.27. The molecule has 3 rings (SSSR count). The largest absolute Gasteiger partial charge is 0.387 e. The molecule has 0 aliphatic carbocycles. The number of aliphatic hydroxyl groups excluding tert-OH is 1. The first kappa shape index (κ1) is 21.3. The number of alkyl halides is 1. The highest BCUT2D eigenvalue weighted by Crippen LogP contribution is 2.34. The molecular weight excluding hydrogens is 423 g/mol. The fourth-order valence-electron chi connectivity index (χ4n) is 2.08. The van der Waals surface area contributed by atoms with E-state index in [0.717, 1.165) is 5.56 Å². The summed E-state index contributed by atoms with van der Waals surface area (Å²) in [5.41, 5.74) is 0.912. The molecule has 1 fully saturated rings. The lowest BCUT2D eigenvalue weighted by Crippen LogP contribution is -2.00. The van der Waals surface area contributed by atoms with Crippen LogP contribution in [0.5, 0.6) is 0 Å². The first-order valence-corrected chi connectivity index (χ1v) is 8.77. The Labute approximate surface area is 168 Å². The highest BCUT2D eigenvalue weighted by molar-refractivity contribution is 6.33. The second kappa shape index (κ2) is 9.29. The van der Waals surface area contributed by atoms with E-state index in [2.05, 4.69) is 0 Å². The zero-order chi connectivity index (χ0) is 20.1. The normalized spacial score (nSPS) is 16.1. The SMILES string of the molecule is O=[N+]([O-])c1cc(C(O)CCl)ccc1Cl.O=[N+]([O-])c1cc(C2CO2)ccc1Cl. The van der Waals surface area contributed by atoms with Crippen LogP contribution in [0.3, 0.4) is 0 Å². The van der Waals surface area contributed by atoms with Crippen LogP contribution in [-0.4, -0.2) is 27.4 Å². The van der Waals surface area contributed by atoms with Gasteiger partial charge in [-0.1, -0.05) is 35.3 Å². The summed E-state index contributed by atoms with van der Waals surface area (Å²) in [5, 5.41) is 30.5. The molecule has 11 heteroatoms. The summed E-state index contributed by atoms with van der Waals surface area (Å²) in [7, 11) is 0. The van der Waals surface area contributed by atoms with Crippen LogP contribution in [0.25, 0.3) is 0 Å². The van der Waals surface area contributed by atoms with Crippen LogP contribution >= 0.6 is 34.8 Å². The van der Waals surface area contributed by atoms with Gasteiger partial charge in [0, 0.05) is 12.1 Å². The van der Waals surface area contributed by atoms with Crippen molar-refractivity contribution in [1.29, 1.82) is 0 Å². The van der Waals surface area contributed by atoms with Crippen molar-refractivity contribution in [2.24, 2.45) is 0 Å². The molecule has 144 valence electrons. The van der Waals surface area contributed by atoms with E-state index in [1.807, 2.05) is 0 Å². The minimum atomic E-state index is -0.910. The number of hydrogen-bond donors (Lipinski definition) is 1. The molecule has 2 unspecified atom stereocenters. The lowest BCUT2D eigenvalue weighted by atomic mass is 10.1. The van der Waals surface area contributed by atoms with E-state index in [-0.39, 0.29) is 33.4 Å². The van der Waals surface area contributed by atoms with Crippen molar-refractivity contribution in [2.75, 3.05) is 12.5 Å². The summed E-state index contributed by atoms with van der Waals surface area (Å²) in [5.74, 6) is -0.0151. The van der Waals surface area contributed by atoms with Gasteiger partial charge in [0.15, 0.2) is 0 Å². The zero-order valence-corrected chi connectivity index (χ0v) is 15.8. The van der Waals surface area contributed by atoms with Gasteiger partial charge < -0.3 is 9.84 Å². The second-order valence-electron chi connectivity index (χ2n) is 5.43. The molecule has 1 heterocycles. The smallest absolute Gasteiger partial charge is 0.288 e. The molecule has 0 bridgehead atoms. The van der Waals surface area contributed by atoms with Gasteiger partial charge in [-0.25, -0.2) is 0 Å². The Morgan fingerprint density at radius 1 is 1.07 bits per heavy atom. The second-order valence-corrected chi connectivity index (χ2v) is 6.55. The number of nitro groups is 2. The molecule has 2 aromatic rings. The van der Waals surface area contributed by atoms with E-state index in [0.29, 0.717) is 12.2 Å². The number of ether oxygens (including phenoxy) is 1. The molecule has 0 amide bonds. The molecule has 1 aliphatic rings. The van der Waals surface area contributed by atoms with Gasteiger partial charge in [-0.2, -0.15) is 0 Å². The van der Waals surface area contributed by atoms with Crippen LogP contribution in [0.1, 0.15) is 23.3 Å². The van der Waals surface area contributed by atoms with Crippen molar-refractivity contribution in [2.45, 2.75) is 12.2 Å². The predicted octanol–water partition coefficient (Wildman–Crippen LogP) is 4.84. The number of rotatable bonds is 5. The maximum Gasteiger partial charge on any atom is 0.288 e. The monoisotopic (exact) mass is 434 g/mol. The van der Waals surface area contributed by atoms with Crippen LogP contribution in [0.4, 0.5) is 11.4 Å². The van der Waals surface area contributed by atoms with Gasteiger partial charge in [-0.3, -0.25) is 20.2 Å². The predicted molar refractivity (Wildman–Crippen MR) is 101 cm³/mol. The molecule has 0 spiro atoms. The average molecular weight is 436 g/mol. The van der Waals surface area contributed by atoms with Gasteiger partial charge in [0.25, 0.3) is 11.4 Å². The van der Waals surface area contributed by atoms with E-state index in [4.69, 9.17) is 39.5 Å². The molecule has 1 aliphatic heterocycles. The van der Waals surface area contributed by atoms with Crippen molar-refractivity contribution >= 4 is 46.2 Å². The number of epoxide rings is 1. The first-order valence-electron chi connectivity index (χ1n) is 7.48. The zero-order valence-electron chi connectivity index (χ0n) is 13.5. The van der Waals surface area contributed by atoms with Crippen LogP contribution in [0.15, 0.2) is 36.4 Å². The maximum absolute atomic E-state index is 10.5. The van der Waals surface area contributed by atoms with E-state index in [1.54, 1.807) is 6.07 Å². The van der Waals surface area contributed by atoms with Gasteiger partial charge in [-0.15, -0.1) is 11.6 Å². The highest BCUT2D eigenvalue weighted by atomic mass is 35.5. The van der Waals surface area contributed by atoms with E-state index < -0.39 is 16.0 Å². The average Bonchev–Trinajstić information content (AvgIpc) is 3.47. The Morgan fingerprint density at radius 2 is 1.59 bits per heavy atom. The minimum absolute atomic E-state index is 0.0151. The number of aliphatic hydroxyl groups is 1. The lowest BCUT2D eigenvalue weighted by molar-refractivity contribution is -0.384. The summed E-state index contributed by atoms with van der Waals surface area (Å²) < 4.78 is 5.00. The van der Waals surface area contributed by atoms with Crippen LogP contribution < -0.4 is 0 Å². The topological polar surface area (TPSA) is 119 Å². The molecular formula is C16H13Cl3N2O6. The third-order valence-electron chi connectivity index (χ3n) is 3.57. The Kier molecular flexibility index (Phi) is 7.34. The van der Waals surface area contributed by atoms with Crippen molar-refractivity contribution in [1.82, 2.24) is 0 Å². The Hall–Kier alpha value is -1.97. The van der Waals surface area contributed by atoms with E-state index in [9.17, 15) is 25.3 Å². The molecule has 1 saturated heterocycles. The van der Waals surface area contributed by atoms with Crippen LogP contribution in [-0.2, 0) is 4.74 Å². The van der Waals surface area contributed by atoms with Gasteiger partial charge in [0.2, 0.25) is 0 Å². The van der Waals surface area contributed by atoms with Crippen molar-refractivity contribution < 1.29 is 19.7 Å². The quantitative estimate of drug-likeness (QED) is 0.310. The maximum atomic E-state index is 10.5. The fraction of sp³-hybridized carbons (Fsp3) is 0.250. The van der Waals surface area contributed by atoms with Gasteiger partial charge >= 0.3 is 0 Å². The summed E-state index contributed by atoms with van der Waals surface area (Å²) in [6.07, 6.45) is -0.886. The van der Waals surface area contributed by atoms with Crippen molar-refractivity contribution in [3.05, 3.63) is 77.8 Å². The van der Waals surface area contributed by atoms with E-state index in [1.165, 1.54) is 30.3 Å². The molecule has 0 saturated carbocycles. The van der Waals surface area contributed by atoms with E-state index >= 15 is 0 Å². The number of nitrogens with zero attached hydrogens (tertiary/aromatic N) is 2. The van der Waals surface area contributed by atoms with Crippen molar-refractivity contribution in [3.8, 4) is 0 Å². The number of halogens is 3. The Balaban J connectivity index is 0.000000194. The molecule has 2 aromatic carbocycles. The van der Waals surface area contributed by atoms with Crippen LogP contribution in [0.2, 0.25) is 10.0 Å². The fourth-order valence-corrected chi connectivity index (χ4v) is 2.63. The summed E-state index contributed by atoms with van der Waals surface area (Å²) in [6.45, 7) is 0.638. The Morgan fingerprint density at radius 3 is 2.07 bits per heavy atom. The molecule has 2 atom stereocenters.